The minimum atomic E-state index is -0.744. The number of ether oxygens (including phenoxy) is 1. The van der Waals surface area contributed by atoms with E-state index in [0.717, 1.165) is 12.2 Å². The molecule has 0 aromatic heterocycles. The van der Waals surface area contributed by atoms with Crippen LogP contribution in [-0.4, -0.2) is 12.1 Å². The minimum absolute atomic E-state index is 0.595. The van der Waals surface area contributed by atoms with Crippen LogP contribution in [0.2, 0.25) is 0 Å². The predicted molar refractivity (Wildman–Crippen MR) is 68.9 cm³/mol. The molecule has 92 valence electrons. The zero-order valence-electron chi connectivity index (χ0n) is 10.8. The van der Waals surface area contributed by atoms with Crippen molar-refractivity contribution >= 4 is 0 Å². The van der Waals surface area contributed by atoms with Gasteiger partial charge in [0.05, 0.1) is 12.7 Å². The van der Waals surface area contributed by atoms with Crippen LogP contribution in [0.3, 0.4) is 0 Å². The maximum atomic E-state index is 8.77. The van der Waals surface area contributed by atoms with Crippen LogP contribution in [0.1, 0.15) is 30.9 Å². The zero-order valence-corrected chi connectivity index (χ0v) is 10.8. The number of nitrogens with zero attached hydrogens (tertiary/aromatic N) is 1. The molecular weight excluding hydrogens is 212 g/mol. The molecule has 3 heteroatoms. The maximum Gasteiger partial charge on any atom is 0.119 e. The molecule has 1 aromatic carbocycles. The van der Waals surface area contributed by atoms with E-state index in [1.807, 2.05) is 26.0 Å². The molecular formula is C14H20N2O. The molecule has 1 rings (SSSR count). The quantitative estimate of drug-likeness (QED) is 0.794. The van der Waals surface area contributed by atoms with Crippen molar-refractivity contribution in [3.8, 4) is 11.8 Å². The molecule has 0 radical (unpaired) electrons. The third kappa shape index (κ3) is 4.88. The first-order valence-electron chi connectivity index (χ1n) is 5.84. The Bertz CT molecular complexity index is 398. The second-order valence-electron chi connectivity index (χ2n) is 4.80. The van der Waals surface area contributed by atoms with Crippen LogP contribution in [0.4, 0.5) is 0 Å². The largest absolute Gasteiger partial charge is 0.494 e. The van der Waals surface area contributed by atoms with Gasteiger partial charge >= 0.3 is 0 Å². The lowest BCUT2D eigenvalue weighted by molar-refractivity contribution is 0.296. The SMILES string of the molecule is Cc1cc(C)cc(OCCCC(C)(N)C#N)c1. The number of rotatable bonds is 5. The lowest BCUT2D eigenvalue weighted by Gasteiger charge is -2.15. The van der Waals surface area contributed by atoms with Gasteiger partial charge in [-0.15, -0.1) is 0 Å². The van der Waals surface area contributed by atoms with E-state index >= 15 is 0 Å². The lowest BCUT2D eigenvalue weighted by Crippen LogP contribution is -2.34. The zero-order chi connectivity index (χ0) is 12.9. The Balaban J connectivity index is 2.39. The van der Waals surface area contributed by atoms with Gasteiger partial charge in [0.15, 0.2) is 0 Å². The molecule has 1 unspecified atom stereocenters. The van der Waals surface area contributed by atoms with E-state index in [2.05, 4.69) is 12.1 Å². The van der Waals surface area contributed by atoms with Gasteiger partial charge in [0.1, 0.15) is 11.3 Å². The van der Waals surface area contributed by atoms with Crippen molar-refractivity contribution in [2.24, 2.45) is 5.73 Å². The van der Waals surface area contributed by atoms with Crippen LogP contribution in [0.25, 0.3) is 0 Å². The number of hydrogen-bond donors (Lipinski definition) is 1. The second kappa shape index (κ2) is 5.70. The summed E-state index contributed by atoms with van der Waals surface area (Å²) in [5.74, 6) is 0.887. The first-order valence-corrected chi connectivity index (χ1v) is 5.84. The van der Waals surface area contributed by atoms with E-state index in [-0.39, 0.29) is 0 Å². The fourth-order valence-corrected chi connectivity index (χ4v) is 1.70. The van der Waals surface area contributed by atoms with Gasteiger partial charge in [-0.1, -0.05) is 6.07 Å². The summed E-state index contributed by atoms with van der Waals surface area (Å²) in [6, 6.07) is 8.22. The molecule has 0 aliphatic heterocycles. The van der Waals surface area contributed by atoms with E-state index in [4.69, 9.17) is 15.7 Å². The molecule has 0 amide bonds. The third-order valence-electron chi connectivity index (χ3n) is 2.56. The molecule has 0 bridgehead atoms. The van der Waals surface area contributed by atoms with Crippen LogP contribution in [0.5, 0.6) is 5.75 Å². The van der Waals surface area contributed by atoms with E-state index in [9.17, 15) is 0 Å². The smallest absolute Gasteiger partial charge is 0.119 e. The Kier molecular flexibility index (Phi) is 4.53. The summed E-state index contributed by atoms with van der Waals surface area (Å²) in [5.41, 5.74) is 7.37. The Morgan fingerprint density at radius 1 is 1.29 bits per heavy atom. The molecule has 1 aromatic rings. The average Bonchev–Trinajstić information content (AvgIpc) is 2.23. The number of benzene rings is 1. The lowest BCUT2D eigenvalue weighted by atomic mass is 10.00. The summed E-state index contributed by atoms with van der Waals surface area (Å²) < 4.78 is 5.64. The number of nitrogens with two attached hydrogens (primary N) is 1. The van der Waals surface area contributed by atoms with Gasteiger partial charge in [-0.2, -0.15) is 5.26 Å². The molecule has 0 aliphatic carbocycles. The van der Waals surface area contributed by atoms with Crippen LogP contribution in [-0.2, 0) is 0 Å². The number of hydrogen-bond acceptors (Lipinski definition) is 3. The topological polar surface area (TPSA) is 59.0 Å². The van der Waals surface area contributed by atoms with E-state index < -0.39 is 5.54 Å². The molecule has 0 spiro atoms. The predicted octanol–water partition coefficient (Wildman–Crippen LogP) is 2.70. The van der Waals surface area contributed by atoms with Crippen molar-refractivity contribution in [1.82, 2.24) is 0 Å². The summed E-state index contributed by atoms with van der Waals surface area (Å²) in [7, 11) is 0. The number of nitriles is 1. The highest BCUT2D eigenvalue weighted by Gasteiger charge is 2.16. The van der Waals surface area contributed by atoms with Gasteiger partial charge in [-0.25, -0.2) is 0 Å². The maximum absolute atomic E-state index is 8.77. The van der Waals surface area contributed by atoms with E-state index in [1.165, 1.54) is 11.1 Å². The van der Waals surface area contributed by atoms with Gasteiger partial charge < -0.3 is 10.5 Å². The van der Waals surface area contributed by atoms with Crippen LogP contribution >= 0.6 is 0 Å². The summed E-state index contributed by atoms with van der Waals surface area (Å²) in [6.45, 7) is 6.43. The average molecular weight is 232 g/mol. The van der Waals surface area contributed by atoms with Crippen LogP contribution in [0, 0.1) is 25.2 Å². The van der Waals surface area contributed by atoms with Crippen molar-refractivity contribution in [1.29, 1.82) is 5.26 Å². The Morgan fingerprint density at radius 2 is 1.88 bits per heavy atom. The summed E-state index contributed by atoms with van der Waals surface area (Å²) >= 11 is 0. The molecule has 0 fully saturated rings. The van der Waals surface area contributed by atoms with Gasteiger partial charge in [-0.05, 0) is 56.9 Å². The molecule has 0 saturated carbocycles. The van der Waals surface area contributed by atoms with Crippen molar-refractivity contribution < 1.29 is 4.74 Å². The molecule has 0 saturated heterocycles. The second-order valence-corrected chi connectivity index (χ2v) is 4.80. The number of aryl methyl sites for hydroxylation is 2. The van der Waals surface area contributed by atoms with Crippen LogP contribution in [0.15, 0.2) is 18.2 Å². The first-order chi connectivity index (χ1) is 7.93. The summed E-state index contributed by atoms with van der Waals surface area (Å²) in [4.78, 5) is 0. The van der Waals surface area contributed by atoms with Crippen molar-refractivity contribution in [3.63, 3.8) is 0 Å². The fourth-order valence-electron chi connectivity index (χ4n) is 1.70. The Labute approximate surface area is 103 Å². The van der Waals surface area contributed by atoms with E-state index in [0.29, 0.717) is 13.0 Å². The highest BCUT2D eigenvalue weighted by molar-refractivity contribution is 5.32. The Morgan fingerprint density at radius 3 is 2.41 bits per heavy atom. The molecule has 0 heterocycles. The van der Waals surface area contributed by atoms with Crippen molar-refractivity contribution in [3.05, 3.63) is 29.3 Å². The van der Waals surface area contributed by atoms with Gasteiger partial charge in [0.25, 0.3) is 0 Å². The van der Waals surface area contributed by atoms with Gasteiger partial charge in [-0.3, -0.25) is 0 Å². The molecule has 2 N–H and O–H groups in total. The monoisotopic (exact) mass is 232 g/mol. The normalized spacial score (nSPS) is 13.8. The molecule has 0 aliphatic rings. The standard InChI is InChI=1S/C14H20N2O/c1-11-7-12(2)9-13(8-11)17-6-4-5-14(3,16)10-15/h7-9H,4-6,16H2,1-3H3. The summed E-state index contributed by atoms with van der Waals surface area (Å²) in [6.07, 6.45) is 1.43. The highest BCUT2D eigenvalue weighted by atomic mass is 16.5. The van der Waals surface area contributed by atoms with E-state index in [1.54, 1.807) is 6.92 Å². The fraction of sp³-hybridized carbons (Fsp3) is 0.500. The highest BCUT2D eigenvalue weighted by Crippen LogP contribution is 2.17. The van der Waals surface area contributed by atoms with Gasteiger partial charge in [0.2, 0.25) is 0 Å². The first kappa shape index (κ1) is 13.5. The van der Waals surface area contributed by atoms with Crippen LogP contribution < -0.4 is 10.5 Å². The summed E-state index contributed by atoms with van der Waals surface area (Å²) in [5, 5.41) is 8.77. The molecule has 1 atom stereocenters. The van der Waals surface area contributed by atoms with Crippen molar-refractivity contribution in [2.75, 3.05) is 6.61 Å². The Hall–Kier alpha value is -1.53. The van der Waals surface area contributed by atoms with Gasteiger partial charge in [0, 0.05) is 0 Å². The third-order valence-corrected chi connectivity index (χ3v) is 2.56. The minimum Gasteiger partial charge on any atom is -0.494 e. The molecule has 17 heavy (non-hydrogen) atoms. The molecule has 3 nitrogen and oxygen atoms in total. The van der Waals surface area contributed by atoms with Crippen molar-refractivity contribution in [2.45, 2.75) is 39.2 Å².